The summed E-state index contributed by atoms with van der Waals surface area (Å²) in [4.78, 5) is 0. The van der Waals surface area contributed by atoms with Crippen molar-refractivity contribution in [1.29, 1.82) is 5.26 Å². The molecule has 0 radical (unpaired) electrons. The summed E-state index contributed by atoms with van der Waals surface area (Å²) in [7, 11) is 0. The van der Waals surface area contributed by atoms with Gasteiger partial charge >= 0.3 is 0 Å². The highest BCUT2D eigenvalue weighted by atomic mass is 79.9. The largest absolute Gasteiger partial charge is 0.506 e. The minimum atomic E-state index is -1.13. The molecule has 0 bridgehead atoms. The number of benzene rings is 1. The lowest BCUT2D eigenvalue weighted by molar-refractivity contribution is 0.438. The molecule has 5 heteroatoms. The Bertz CT molecular complexity index is 477. The summed E-state index contributed by atoms with van der Waals surface area (Å²) in [6.07, 6.45) is 1.13. The fraction of sp³-hybridized carbons (Fsp3) is 0.300. The van der Waals surface area contributed by atoms with Crippen molar-refractivity contribution >= 4 is 15.9 Å². The fourth-order valence-electron chi connectivity index (χ4n) is 1.52. The molecule has 1 aromatic rings. The van der Waals surface area contributed by atoms with Gasteiger partial charge in [0.1, 0.15) is 5.75 Å². The number of nitriles is 1. The van der Waals surface area contributed by atoms with E-state index in [-0.39, 0.29) is 15.8 Å². The number of nitrogens with zero attached hydrogens (tertiary/aromatic N) is 1. The lowest BCUT2D eigenvalue weighted by atomic mass is 9.96. The van der Waals surface area contributed by atoms with Gasteiger partial charge in [0.05, 0.1) is 16.0 Å². The van der Waals surface area contributed by atoms with E-state index in [9.17, 15) is 13.9 Å². The Hall–Kier alpha value is -1.15. The molecule has 0 heterocycles. The normalized spacial score (nSPS) is 17.2. The third kappa shape index (κ3) is 1.40. The van der Waals surface area contributed by atoms with Crippen LogP contribution in [0.1, 0.15) is 18.4 Å². The number of aromatic hydroxyl groups is 1. The van der Waals surface area contributed by atoms with Gasteiger partial charge in [-0.25, -0.2) is 8.78 Å². The van der Waals surface area contributed by atoms with E-state index in [1.807, 2.05) is 6.07 Å². The topological polar surface area (TPSA) is 44.0 Å². The van der Waals surface area contributed by atoms with Crippen molar-refractivity contribution in [1.82, 2.24) is 0 Å². The number of phenolic OH excluding ortho intramolecular Hbond substituents is 1. The minimum Gasteiger partial charge on any atom is -0.506 e. The number of hydrogen-bond acceptors (Lipinski definition) is 2. The second-order valence-electron chi connectivity index (χ2n) is 3.58. The Morgan fingerprint density at radius 2 is 2.07 bits per heavy atom. The first kappa shape index (κ1) is 10.4. The molecule has 1 aliphatic carbocycles. The molecule has 0 spiro atoms. The molecule has 0 saturated heterocycles. The highest BCUT2D eigenvalue weighted by molar-refractivity contribution is 9.10. The molecule has 1 aromatic carbocycles. The first-order chi connectivity index (χ1) is 7.02. The van der Waals surface area contributed by atoms with Crippen molar-refractivity contribution in [2.24, 2.45) is 0 Å². The van der Waals surface area contributed by atoms with Crippen LogP contribution in [0.5, 0.6) is 5.75 Å². The molecule has 78 valence electrons. The maximum Gasteiger partial charge on any atom is 0.176 e. The number of hydrogen-bond donors (Lipinski definition) is 1. The standard InChI is InChI=1S/C10H6BrF2NO/c11-7-8(13)6(12)3-5(9(7)15)10(4-14)1-2-10/h3,15H,1-2H2. The number of rotatable bonds is 1. The van der Waals surface area contributed by atoms with Crippen LogP contribution >= 0.6 is 15.9 Å². The fourth-order valence-corrected chi connectivity index (χ4v) is 1.92. The lowest BCUT2D eigenvalue weighted by Crippen LogP contribution is -2.05. The van der Waals surface area contributed by atoms with Crippen LogP contribution in [0.15, 0.2) is 10.5 Å². The molecule has 0 unspecified atom stereocenters. The van der Waals surface area contributed by atoms with Crippen LogP contribution in [0.2, 0.25) is 0 Å². The molecule has 0 aromatic heterocycles. The molecule has 1 saturated carbocycles. The van der Waals surface area contributed by atoms with Gasteiger partial charge in [0.2, 0.25) is 0 Å². The molecule has 15 heavy (non-hydrogen) atoms. The summed E-state index contributed by atoms with van der Waals surface area (Å²) in [5, 5.41) is 18.5. The summed E-state index contributed by atoms with van der Waals surface area (Å²) >= 11 is 2.76. The Morgan fingerprint density at radius 3 is 2.53 bits per heavy atom. The number of phenols is 1. The average molecular weight is 274 g/mol. The molecule has 1 N–H and O–H groups in total. The summed E-state index contributed by atoms with van der Waals surface area (Å²) in [5.41, 5.74) is -0.669. The zero-order valence-electron chi connectivity index (χ0n) is 7.52. The molecule has 0 amide bonds. The summed E-state index contributed by atoms with van der Waals surface area (Å²) in [6, 6.07) is 2.91. The highest BCUT2D eigenvalue weighted by Crippen LogP contribution is 2.52. The van der Waals surface area contributed by atoms with Crippen molar-refractivity contribution in [3.63, 3.8) is 0 Å². The van der Waals surface area contributed by atoms with E-state index >= 15 is 0 Å². The monoisotopic (exact) mass is 273 g/mol. The van der Waals surface area contributed by atoms with Crippen LogP contribution < -0.4 is 0 Å². The van der Waals surface area contributed by atoms with Gasteiger partial charge in [-0.05, 0) is 34.8 Å². The second kappa shape index (κ2) is 3.17. The van der Waals surface area contributed by atoms with Gasteiger partial charge in [0.25, 0.3) is 0 Å². The Labute approximate surface area is 93.3 Å². The first-order valence-corrected chi connectivity index (χ1v) is 5.09. The van der Waals surface area contributed by atoms with E-state index in [2.05, 4.69) is 15.9 Å². The smallest absolute Gasteiger partial charge is 0.176 e. The van der Waals surface area contributed by atoms with Crippen LogP contribution in [0, 0.1) is 23.0 Å². The lowest BCUT2D eigenvalue weighted by Gasteiger charge is -2.11. The molecule has 0 atom stereocenters. The first-order valence-electron chi connectivity index (χ1n) is 4.30. The summed E-state index contributed by atoms with van der Waals surface area (Å²) in [5.74, 6) is -2.57. The predicted octanol–water partition coefficient (Wildman–Crippen LogP) is 2.99. The molecule has 2 rings (SSSR count). The van der Waals surface area contributed by atoms with E-state index in [1.54, 1.807) is 0 Å². The Kier molecular flexibility index (Phi) is 2.19. The van der Waals surface area contributed by atoms with Crippen molar-refractivity contribution in [2.75, 3.05) is 0 Å². The van der Waals surface area contributed by atoms with Gasteiger partial charge < -0.3 is 5.11 Å². The molecule has 1 aliphatic rings. The Balaban J connectivity index is 2.65. The molecular formula is C10H6BrF2NO. The van der Waals surface area contributed by atoms with Gasteiger partial charge in [-0.3, -0.25) is 0 Å². The quantitative estimate of drug-likeness (QED) is 0.800. The molecular weight excluding hydrogens is 268 g/mol. The van der Waals surface area contributed by atoms with Crippen LogP contribution in [0.25, 0.3) is 0 Å². The van der Waals surface area contributed by atoms with Crippen molar-refractivity contribution in [3.8, 4) is 11.8 Å². The van der Waals surface area contributed by atoms with Crippen molar-refractivity contribution in [3.05, 3.63) is 27.7 Å². The summed E-state index contributed by atoms with van der Waals surface area (Å²) in [6.45, 7) is 0. The average Bonchev–Trinajstić information content (AvgIpc) is 3.01. The zero-order chi connectivity index (χ0) is 11.2. The van der Waals surface area contributed by atoms with Crippen LogP contribution in [0.4, 0.5) is 8.78 Å². The van der Waals surface area contributed by atoms with E-state index < -0.39 is 17.0 Å². The number of halogens is 3. The van der Waals surface area contributed by atoms with E-state index in [0.29, 0.717) is 12.8 Å². The third-order valence-electron chi connectivity index (χ3n) is 2.62. The molecule has 2 nitrogen and oxygen atoms in total. The summed E-state index contributed by atoms with van der Waals surface area (Å²) < 4.78 is 25.8. The zero-order valence-corrected chi connectivity index (χ0v) is 9.11. The van der Waals surface area contributed by atoms with Crippen LogP contribution in [-0.4, -0.2) is 5.11 Å². The van der Waals surface area contributed by atoms with E-state index in [4.69, 9.17) is 5.26 Å². The maximum atomic E-state index is 13.1. The molecule has 1 fully saturated rings. The second-order valence-corrected chi connectivity index (χ2v) is 4.37. The SMILES string of the molecule is N#CC1(c2cc(F)c(F)c(Br)c2O)CC1. The van der Waals surface area contributed by atoms with Gasteiger partial charge in [0.15, 0.2) is 11.6 Å². The van der Waals surface area contributed by atoms with E-state index in [1.165, 1.54) is 0 Å². The molecule has 0 aliphatic heterocycles. The van der Waals surface area contributed by atoms with E-state index in [0.717, 1.165) is 6.07 Å². The van der Waals surface area contributed by atoms with Gasteiger partial charge in [-0.15, -0.1) is 0 Å². The van der Waals surface area contributed by atoms with Gasteiger partial charge in [-0.1, -0.05) is 0 Å². The van der Waals surface area contributed by atoms with Crippen LogP contribution in [-0.2, 0) is 5.41 Å². The third-order valence-corrected chi connectivity index (χ3v) is 3.34. The maximum absolute atomic E-state index is 13.1. The Morgan fingerprint density at radius 1 is 1.47 bits per heavy atom. The predicted molar refractivity (Wildman–Crippen MR) is 52.2 cm³/mol. The highest BCUT2D eigenvalue weighted by Gasteiger charge is 2.47. The van der Waals surface area contributed by atoms with Gasteiger partial charge in [0, 0.05) is 5.56 Å². The van der Waals surface area contributed by atoms with Crippen LogP contribution in [0.3, 0.4) is 0 Å². The van der Waals surface area contributed by atoms with Gasteiger partial charge in [-0.2, -0.15) is 5.26 Å². The van der Waals surface area contributed by atoms with Crippen molar-refractivity contribution in [2.45, 2.75) is 18.3 Å². The minimum absolute atomic E-state index is 0.163. The van der Waals surface area contributed by atoms with Crippen molar-refractivity contribution < 1.29 is 13.9 Å².